The van der Waals surface area contributed by atoms with Crippen molar-refractivity contribution in [3.05, 3.63) is 11.9 Å². The number of carbonyl (C=O) groups is 1. The lowest BCUT2D eigenvalue weighted by Crippen LogP contribution is -2.41. The second-order valence-electron chi connectivity index (χ2n) is 4.45. The van der Waals surface area contributed by atoms with E-state index in [1.807, 2.05) is 0 Å². The Bertz CT molecular complexity index is 356. The number of hydrogen-bond donors (Lipinski definition) is 2. The molecule has 1 aromatic heterocycles. The van der Waals surface area contributed by atoms with E-state index in [0.717, 1.165) is 37.4 Å². The van der Waals surface area contributed by atoms with Gasteiger partial charge in [0.25, 0.3) is 5.91 Å². The molecule has 6 heteroatoms. The highest BCUT2D eigenvalue weighted by molar-refractivity contribution is 6.99. The third-order valence-corrected chi connectivity index (χ3v) is 3.78. The summed E-state index contributed by atoms with van der Waals surface area (Å²) in [5, 5.41) is 12.3. The van der Waals surface area contributed by atoms with Gasteiger partial charge in [0.1, 0.15) is 0 Å². The Morgan fingerprint density at radius 1 is 1.47 bits per heavy atom. The van der Waals surface area contributed by atoms with Crippen LogP contribution in [0.5, 0.6) is 0 Å². The molecule has 0 aliphatic heterocycles. The Morgan fingerprint density at radius 2 is 2.29 bits per heavy atom. The molecule has 5 nitrogen and oxygen atoms in total. The van der Waals surface area contributed by atoms with Gasteiger partial charge in [0.2, 0.25) is 0 Å². The zero-order chi connectivity index (χ0) is 12.1. The highest BCUT2D eigenvalue weighted by Gasteiger charge is 2.25. The average molecular weight is 255 g/mol. The molecular formula is C11H17N3O2S. The Labute approximate surface area is 105 Å². The van der Waals surface area contributed by atoms with Crippen LogP contribution in [0.25, 0.3) is 0 Å². The fourth-order valence-corrected chi connectivity index (χ4v) is 2.71. The van der Waals surface area contributed by atoms with Gasteiger partial charge < -0.3 is 10.4 Å². The summed E-state index contributed by atoms with van der Waals surface area (Å²) in [6.07, 6.45) is 6.82. The zero-order valence-electron chi connectivity index (χ0n) is 9.63. The van der Waals surface area contributed by atoms with Crippen LogP contribution in [-0.4, -0.2) is 32.4 Å². The van der Waals surface area contributed by atoms with Gasteiger partial charge in [0.05, 0.1) is 17.9 Å². The summed E-state index contributed by atoms with van der Waals surface area (Å²) in [6, 6.07) is 0.0664. The third kappa shape index (κ3) is 3.23. The third-order valence-electron chi connectivity index (χ3n) is 3.30. The Morgan fingerprint density at radius 3 is 3.00 bits per heavy atom. The summed E-state index contributed by atoms with van der Waals surface area (Å²) in [5.74, 6) is -0.00264. The number of nitrogens with zero attached hydrogens (tertiary/aromatic N) is 2. The highest BCUT2D eigenvalue weighted by atomic mass is 32.1. The minimum atomic E-state index is -0.177. The van der Waals surface area contributed by atoms with Gasteiger partial charge in [-0.25, -0.2) is 0 Å². The van der Waals surface area contributed by atoms with Crippen LogP contribution >= 0.6 is 11.7 Å². The van der Waals surface area contributed by atoms with E-state index in [4.69, 9.17) is 0 Å². The molecule has 0 saturated heterocycles. The Balaban J connectivity index is 1.97. The molecule has 2 N–H and O–H groups in total. The highest BCUT2D eigenvalue weighted by Crippen LogP contribution is 2.23. The van der Waals surface area contributed by atoms with Crippen LogP contribution in [0, 0.1) is 5.92 Å². The zero-order valence-corrected chi connectivity index (χ0v) is 10.4. The van der Waals surface area contributed by atoms with Crippen molar-refractivity contribution in [2.24, 2.45) is 5.92 Å². The lowest BCUT2D eigenvalue weighted by atomic mass is 9.95. The molecule has 1 heterocycles. The summed E-state index contributed by atoms with van der Waals surface area (Å²) in [6.45, 7) is 0.139. The number of nitrogens with one attached hydrogen (secondary N) is 1. The van der Waals surface area contributed by atoms with Gasteiger partial charge in [-0.1, -0.05) is 19.3 Å². The smallest absolute Gasteiger partial charge is 0.272 e. The van der Waals surface area contributed by atoms with Crippen LogP contribution in [0.4, 0.5) is 0 Å². The molecule has 1 aliphatic carbocycles. The van der Waals surface area contributed by atoms with Crippen LogP contribution in [0.2, 0.25) is 0 Å². The number of aliphatic hydroxyl groups excluding tert-OH is 1. The van der Waals surface area contributed by atoms with E-state index in [-0.39, 0.29) is 24.5 Å². The second kappa shape index (κ2) is 6.07. The molecule has 0 bridgehead atoms. The molecule has 0 spiro atoms. The first kappa shape index (κ1) is 12.4. The lowest BCUT2D eigenvalue weighted by Gasteiger charge is -2.23. The molecule has 2 unspecified atom stereocenters. The molecule has 1 aliphatic rings. The number of aromatic nitrogens is 2. The van der Waals surface area contributed by atoms with E-state index in [1.165, 1.54) is 12.6 Å². The van der Waals surface area contributed by atoms with Crippen LogP contribution in [0.1, 0.15) is 42.6 Å². The lowest BCUT2D eigenvalue weighted by molar-refractivity contribution is 0.0895. The SMILES string of the molecule is O=C(NC1CCCCCC1CO)c1cnsn1. The van der Waals surface area contributed by atoms with Crippen LogP contribution in [0.15, 0.2) is 6.20 Å². The molecule has 1 saturated carbocycles. The van der Waals surface area contributed by atoms with Crippen molar-refractivity contribution >= 4 is 17.6 Å². The van der Waals surface area contributed by atoms with E-state index in [0.29, 0.717) is 5.69 Å². The predicted molar refractivity (Wildman–Crippen MR) is 64.8 cm³/mol. The van der Waals surface area contributed by atoms with E-state index in [2.05, 4.69) is 14.1 Å². The van der Waals surface area contributed by atoms with Crippen LogP contribution in [-0.2, 0) is 0 Å². The normalized spacial score (nSPS) is 25.2. The maximum absolute atomic E-state index is 11.9. The minimum Gasteiger partial charge on any atom is -0.396 e. The van der Waals surface area contributed by atoms with E-state index in [9.17, 15) is 9.90 Å². The van der Waals surface area contributed by atoms with E-state index >= 15 is 0 Å². The molecule has 1 amide bonds. The molecule has 1 fully saturated rings. The molecule has 17 heavy (non-hydrogen) atoms. The summed E-state index contributed by atoms with van der Waals surface area (Å²) in [4.78, 5) is 11.9. The van der Waals surface area contributed by atoms with Crippen LogP contribution in [0.3, 0.4) is 0 Å². The maximum atomic E-state index is 11.9. The number of aliphatic hydroxyl groups is 1. The van der Waals surface area contributed by atoms with Gasteiger partial charge in [0, 0.05) is 18.6 Å². The summed E-state index contributed by atoms with van der Waals surface area (Å²) in [7, 11) is 0. The van der Waals surface area contributed by atoms with E-state index < -0.39 is 0 Å². The van der Waals surface area contributed by atoms with Gasteiger partial charge >= 0.3 is 0 Å². The van der Waals surface area contributed by atoms with Crippen LogP contribution < -0.4 is 5.32 Å². The van der Waals surface area contributed by atoms with Gasteiger partial charge in [-0.15, -0.1) is 0 Å². The van der Waals surface area contributed by atoms with Gasteiger partial charge in [-0.05, 0) is 12.8 Å². The van der Waals surface area contributed by atoms with Gasteiger partial charge in [-0.2, -0.15) is 8.75 Å². The number of amides is 1. The van der Waals surface area contributed by atoms with Crippen molar-refractivity contribution in [2.75, 3.05) is 6.61 Å². The van der Waals surface area contributed by atoms with Crippen molar-refractivity contribution in [3.63, 3.8) is 0 Å². The average Bonchev–Trinajstić information content (AvgIpc) is 2.78. The molecule has 1 aromatic rings. The largest absolute Gasteiger partial charge is 0.396 e. The Kier molecular flexibility index (Phi) is 4.44. The number of rotatable bonds is 3. The summed E-state index contributed by atoms with van der Waals surface area (Å²) >= 11 is 1.03. The molecule has 0 aromatic carbocycles. The maximum Gasteiger partial charge on any atom is 0.272 e. The fraction of sp³-hybridized carbons (Fsp3) is 0.727. The topological polar surface area (TPSA) is 75.1 Å². The van der Waals surface area contributed by atoms with E-state index in [1.54, 1.807) is 0 Å². The molecule has 2 rings (SSSR count). The molecule has 2 atom stereocenters. The van der Waals surface area contributed by atoms with Crippen molar-refractivity contribution < 1.29 is 9.90 Å². The number of carbonyl (C=O) groups excluding carboxylic acids is 1. The monoisotopic (exact) mass is 255 g/mol. The standard InChI is InChI=1S/C11H17N3O2S/c15-7-8-4-2-1-3-5-9(8)13-11(16)10-6-12-17-14-10/h6,8-9,15H,1-5,7H2,(H,13,16). The predicted octanol–water partition coefficient (Wildman–Crippen LogP) is 1.21. The van der Waals surface area contributed by atoms with Crippen molar-refractivity contribution in [2.45, 2.75) is 38.1 Å². The van der Waals surface area contributed by atoms with Crippen molar-refractivity contribution in [1.29, 1.82) is 0 Å². The summed E-state index contributed by atoms with van der Waals surface area (Å²) in [5.41, 5.74) is 0.371. The van der Waals surface area contributed by atoms with Crippen molar-refractivity contribution in [3.8, 4) is 0 Å². The number of hydrogen-bond acceptors (Lipinski definition) is 5. The Hall–Kier alpha value is -1.01. The first-order valence-electron chi connectivity index (χ1n) is 6.00. The van der Waals surface area contributed by atoms with Gasteiger partial charge in [0.15, 0.2) is 5.69 Å². The molecular weight excluding hydrogens is 238 g/mol. The second-order valence-corrected chi connectivity index (χ2v) is 5.01. The first-order valence-corrected chi connectivity index (χ1v) is 6.73. The quantitative estimate of drug-likeness (QED) is 0.796. The van der Waals surface area contributed by atoms with Gasteiger partial charge in [-0.3, -0.25) is 4.79 Å². The molecule has 0 radical (unpaired) electrons. The fourth-order valence-electron chi connectivity index (χ4n) is 2.30. The summed E-state index contributed by atoms with van der Waals surface area (Å²) < 4.78 is 7.73. The minimum absolute atomic E-state index is 0.0664. The first-order chi connectivity index (χ1) is 8.31. The molecule has 94 valence electrons. The van der Waals surface area contributed by atoms with Crippen molar-refractivity contribution in [1.82, 2.24) is 14.1 Å².